The summed E-state index contributed by atoms with van der Waals surface area (Å²) in [4.78, 5) is 19.7. The Morgan fingerprint density at radius 1 is 1.19 bits per heavy atom. The molecule has 0 saturated carbocycles. The predicted octanol–water partition coefficient (Wildman–Crippen LogP) is 4.68. The molecule has 0 radical (unpaired) electrons. The van der Waals surface area contributed by atoms with Crippen molar-refractivity contribution >= 4 is 28.4 Å². The van der Waals surface area contributed by atoms with Crippen molar-refractivity contribution in [2.24, 2.45) is 0 Å². The average molecular weight is 380 g/mol. The number of benzene rings is 2. The molecule has 0 bridgehead atoms. The van der Waals surface area contributed by atoms with Crippen molar-refractivity contribution in [1.29, 1.82) is 0 Å². The topological polar surface area (TPSA) is 70.9 Å². The highest BCUT2D eigenvalue weighted by atomic mass is 35.5. The Bertz CT molecular complexity index is 1100. The van der Waals surface area contributed by atoms with Crippen LogP contribution in [0.4, 0.5) is 0 Å². The Kier molecular flexibility index (Phi) is 4.69. The molecule has 27 heavy (non-hydrogen) atoms. The molecule has 0 spiro atoms. The summed E-state index contributed by atoms with van der Waals surface area (Å²) in [5.41, 5.74) is 3.08. The number of amides is 1. The van der Waals surface area contributed by atoms with Crippen molar-refractivity contribution in [3.8, 4) is 0 Å². The lowest BCUT2D eigenvalue weighted by Gasteiger charge is -2.19. The van der Waals surface area contributed by atoms with Crippen molar-refractivity contribution in [1.82, 2.24) is 15.3 Å². The van der Waals surface area contributed by atoms with E-state index < -0.39 is 0 Å². The fourth-order valence-electron chi connectivity index (χ4n) is 3.28. The Morgan fingerprint density at radius 3 is 2.74 bits per heavy atom. The Morgan fingerprint density at radius 2 is 1.96 bits per heavy atom. The number of nitrogens with one attached hydrogen (secondary N) is 2. The molecular weight excluding hydrogens is 362 g/mol. The van der Waals surface area contributed by atoms with Gasteiger partial charge in [0.15, 0.2) is 5.89 Å². The van der Waals surface area contributed by atoms with Crippen LogP contribution >= 0.6 is 11.6 Å². The number of nitrogens with zero attached hydrogens (tertiary/aromatic N) is 1. The summed E-state index contributed by atoms with van der Waals surface area (Å²) in [5, 5.41) is 4.71. The molecular formula is C21H18ClN3O2. The first-order valence-corrected chi connectivity index (χ1v) is 9.02. The largest absolute Gasteiger partial charge is 0.436 e. The first kappa shape index (κ1) is 17.4. The summed E-state index contributed by atoms with van der Waals surface area (Å²) < 4.78 is 5.31. The van der Waals surface area contributed by atoms with Crippen LogP contribution in [-0.4, -0.2) is 22.4 Å². The van der Waals surface area contributed by atoms with Crippen LogP contribution in [0.25, 0.3) is 10.9 Å². The Labute approximate surface area is 161 Å². The molecule has 1 atom stereocenters. The molecule has 2 heterocycles. The van der Waals surface area contributed by atoms with Gasteiger partial charge in [0.25, 0.3) is 5.91 Å². The molecule has 4 rings (SSSR count). The van der Waals surface area contributed by atoms with Crippen LogP contribution in [-0.2, 0) is 0 Å². The van der Waals surface area contributed by atoms with Gasteiger partial charge in [0.2, 0.25) is 5.76 Å². The van der Waals surface area contributed by atoms with E-state index in [1.807, 2.05) is 48.7 Å². The molecule has 0 saturated heterocycles. The number of hydrogen-bond acceptors (Lipinski definition) is 3. The number of fused-ring (bicyclic) bond motifs is 1. The molecule has 2 N–H and O–H groups in total. The van der Waals surface area contributed by atoms with E-state index in [-0.39, 0.29) is 17.6 Å². The van der Waals surface area contributed by atoms with Crippen molar-refractivity contribution < 1.29 is 9.21 Å². The van der Waals surface area contributed by atoms with Crippen LogP contribution in [0.5, 0.6) is 0 Å². The highest BCUT2D eigenvalue weighted by Gasteiger charge is 2.22. The summed E-state index contributed by atoms with van der Waals surface area (Å²) in [7, 11) is 0. The van der Waals surface area contributed by atoms with Crippen molar-refractivity contribution in [3.63, 3.8) is 0 Å². The van der Waals surface area contributed by atoms with Gasteiger partial charge in [0.05, 0.1) is 6.20 Å². The molecule has 0 aliphatic heterocycles. The predicted molar refractivity (Wildman–Crippen MR) is 105 cm³/mol. The normalized spacial score (nSPS) is 12.2. The van der Waals surface area contributed by atoms with E-state index in [9.17, 15) is 4.79 Å². The number of carbonyl (C=O) groups excluding carboxylic acids is 1. The van der Waals surface area contributed by atoms with Gasteiger partial charge in [-0.05, 0) is 23.3 Å². The minimum atomic E-state index is -0.299. The second kappa shape index (κ2) is 7.29. The van der Waals surface area contributed by atoms with E-state index >= 15 is 0 Å². The monoisotopic (exact) mass is 379 g/mol. The van der Waals surface area contributed by atoms with Crippen LogP contribution < -0.4 is 5.32 Å². The quantitative estimate of drug-likeness (QED) is 0.529. The van der Waals surface area contributed by atoms with Gasteiger partial charge in [0.1, 0.15) is 0 Å². The van der Waals surface area contributed by atoms with E-state index in [2.05, 4.69) is 21.4 Å². The Balaban J connectivity index is 1.68. The summed E-state index contributed by atoms with van der Waals surface area (Å²) in [5.74, 6) is 0.249. The summed E-state index contributed by atoms with van der Waals surface area (Å²) >= 11 is 6.47. The molecule has 5 nitrogen and oxygen atoms in total. The van der Waals surface area contributed by atoms with E-state index in [1.165, 1.54) is 6.20 Å². The number of halogens is 1. The van der Waals surface area contributed by atoms with Gasteiger partial charge in [-0.3, -0.25) is 4.79 Å². The maximum Gasteiger partial charge on any atom is 0.288 e. The SMILES string of the molecule is Cc1ncc(C(=O)NCC(c2ccccc2Cl)c2c[nH]c3ccccc23)o1. The number of aryl methyl sites for hydroxylation is 1. The van der Waals surface area contributed by atoms with Gasteiger partial charge in [0, 0.05) is 41.5 Å². The third kappa shape index (κ3) is 3.46. The van der Waals surface area contributed by atoms with Gasteiger partial charge >= 0.3 is 0 Å². The molecule has 0 aliphatic carbocycles. The first-order valence-electron chi connectivity index (χ1n) is 8.64. The number of hydrogen-bond donors (Lipinski definition) is 2. The van der Waals surface area contributed by atoms with E-state index in [1.54, 1.807) is 6.92 Å². The lowest BCUT2D eigenvalue weighted by Crippen LogP contribution is -2.28. The van der Waals surface area contributed by atoms with Crippen LogP contribution in [0.2, 0.25) is 5.02 Å². The summed E-state index contributed by atoms with van der Waals surface area (Å²) in [6, 6.07) is 15.8. The van der Waals surface area contributed by atoms with Gasteiger partial charge in [-0.25, -0.2) is 4.98 Å². The zero-order valence-electron chi connectivity index (χ0n) is 14.7. The lowest BCUT2D eigenvalue weighted by molar-refractivity contribution is 0.0923. The van der Waals surface area contributed by atoms with Crippen LogP contribution in [0.15, 0.2) is 65.3 Å². The average Bonchev–Trinajstić information content (AvgIpc) is 3.30. The molecule has 4 aromatic rings. The summed E-state index contributed by atoms with van der Waals surface area (Å²) in [6.07, 6.45) is 3.41. The number of para-hydroxylation sites is 1. The van der Waals surface area contributed by atoms with Crippen LogP contribution in [0, 0.1) is 6.92 Å². The molecule has 6 heteroatoms. The van der Waals surface area contributed by atoms with E-state index in [4.69, 9.17) is 16.0 Å². The minimum absolute atomic E-state index is 0.109. The Hall–Kier alpha value is -3.05. The van der Waals surface area contributed by atoms with Gasteiger partial charge < -0.3 is 14.7 Å². The second-order valence-corrected chi connectivity index (χ2v) is 6.72. The lowest BCUT2D eigenvalue weighted by atomic mass is 9.90. The maximum atomic E-state index is 12.4. The zero-order chi connectivity index (χ0) is 18.8. The molecule has 136 valence electrons. The van der Waals surface area contributed by atoms with Crippen molar-refractivity contribution in [2.75, 3.05) is 6.54 Å². The van der Waals surface area contributed by atoms with E-state index in [0.717, 1.165) is 22.0 Å². The fraction of sp³-hybridized carbons (Fsp3) is 0.143. The highest BCUT2D eigenvalue weighted by molar-refractivity contribution is 6.31. The first-order chi connectivity index (χ1) is 13.1. The number of aromatic amines is 1. The minimum Gasteiger partial charge on any atom is -0.436 e. The maximum absolute atomic E-state index is 12.4. The molecule has 1 amide bonds. The van der Waals surface area contributed by atoms with Crippen LogP contribution in [0.3, 0.4) is 0 Å². The molecule has 0 fully saturated rings. The second-order valence-electron chi connectivity index (χ2n) is 6.32. The van der Waals surface area contributed by atoms with Gasteiger partial charge in [-0.2, -0.15) is 0 Å². The summed E-state index contributed by atoms with van der Waals surface area (Å²) in [6.45, 7) is 2.08. The number of oxazole rings is 1. The number of H-pyrrole nitrogens is 1. The fourth-order valence-corrected chi connectivity index (χ4v) is 3.54. The van der Waals surface area contributed by atoms with Crippen molar-refractivity contribution in [2.45, 2.75) is 12.8 Å². The number of carbonyl (C=O) groups is 1. The molecule has 2 aromatic heterocycles. The zero-order valence-corrected chi connectivity index (χ0v) is 15.5. The van der Waals surface area contributed by atoms with Crippen molar-refractivity contribution in [3.05, 3.63) is 88.7 Å². The highest BCUT2D eigenvalue weighted by Crippen LogP contribution is 2.34. The van der Waals surface area contributed by atoms with Crippen LogP contribution in [0.1, 0.15) is 33.5 Å². The van der Waals surface area contributed by atoms with Gasteiger partial charge in [-0.15, -0.1) is 0 Å². The molecule has 1 unspecified atom stereocenters. The third-order valence-electron chi connectivity index (χ3n) is 4.59. The van der Waals surface area contributed by atoms with Gasteiger partial charge in [-0.1, -0.05) is 48.0 Å². The third-order valence-corrected chi connectivity index (χ3v) is 4.93. The van der Waals surface area contributed by atoms with E-state index in [0.29, 0.717) is 17.5 Å². The smallest absolute Gasteiger partial charge is 0.288 e. The standard InChI is InChI=1S/C21H18ClN3O2/c1-13-23-12-20(27-13)21(26)25-11-16(14-6-2-4-8-18(14)22)17-10-24-19-9-5-3-7-15(17)19/h2-10,12,16,24H,11H2,1H3,(H,25,26). The number of aromatic nitrogens is 2. The molecule has 0 aliphatic rings. The molecule has 2 aromatic carbocycles. The number of rotatable bonds is 5.